The van der Waals surface area contributed by atoms with Crippen molar-refractivity contribution in [3.63, 3.8) is 0 Å². The van der Waals surface area contributed by atoms with E-state index in [-0.39, 0.29) is 48.6 Å². The van der Waals surface area contributed by atoms with Gasteiger partial charge in [0.2, 0.25) is 5.91 Å². The summed E-state index contributed by atoms with van der Waals surface area (Å²) in [5.41, 5.74) is 0.984. The van der Waals surface area contributed by atoms with Crippen LogP contribution in [0, 0.1) is 5.92 Å². The summed E-state index contributed by atoms with van der Waals surface area (Å²) in [4.78, 5) is 59.0. The lowest BCUT2D eigenvalue weighted by atomic mass is 9.65. The van der Waals surface area contributed by atoms with Gasteiger partial charge in [-0.3, -0.25) is 24.2 Å². The van der Waals surface area contributed by atoms with Crippen molar-refractivity contribution < 1.29 is 28.5 Å². The van der Waals surface area contributed by atoms with E-state index in [0.29, 0.717) is 6.42 Å². The van der Waals surface area contributed by atoms with E-state index >= 15 is 0 Å². The van der Waals surface area contributed by atoms with E-state index in [2.05, 4.69) is 20.6 Å². The third-order valence-electron chi connectivity index (χ3n) is 6.01. The van der Waals surface area contributed by atoms with Gasteiger partial charge in [0, 0.05) is 30.7 Å². The summed E-state index contributed by atoms with van der Waals surface area (Å²) in [5, 5.41) is 5.54. The second kappa shape index (κ2) is 13.8. The molecule has 1 aromatic carbocycles. The molecule has 2 heterocycles. The van der Waals surface area contributed by atoms with Gasteiger partial charge in [0.05, 0.1) is 18.7 Å². The molecule has 3 rings (SSSR count). The van der Waals surface area contributed by atoms with Crippen molar-refractivity contribution in [1.29, 1.82) is 0 Å². The molecule has 202 valence electrons. The maximum atomic E-state index is 13.6. The lowest BCUT2D eigenvalue weighted by Gasteiger charge is -2.23. The number of aromatic nitrogens is 2. The molecule has 1 fully saturated rings. The van der Waals surface area contributed by atoms with Gasteiger partial charge in [-0.2, -0.15) is 0 Å². The minimum absolute atomic E-state index is 0.0132. The Balaban J connectivity index is 1.74. The Labute approximate surface area is 223 Å². The number of ketones is 1. The van der Waals surface area contributed by atoms with Gasteiger partial charge in [0.25, 0.3) is 5.91 Å². The number of carbonyl (C=O) groups is 4. The highest BCUT2D eigenvalue weighted by molar-refractivity contribution is 6.51. The highest BCUT2D eigenvalue weighted by Gasteiger charge is 2.47. The molecule has 3 atom stereocenters. The number of nitrogens with zero attached hydrogens (tertiary/aromatic N) is 2. The van der Waals surface area contributed by atoms with E-state index < -0.39 is 37.0 Å². The van der Waals surface area contributed by atoms with E-state index in [1.165, 1.54) is 18.6 Å². The summed E-state index contributed by atoms with van der Waals surface area (Å²) < 4.78 is 11.3. The zero-order valence-electron chi connectivity index (χ0n) is 22.3. The average Bonchev–Trinajstić information content (AvgIpc) is 3.23. The molecular weight excluding hydrogens is 487 g/mol. The number of nitrogens with one attached hydrogen (secondary N) is 2. The number of benzene rings is 1. The van der Waals surface area contributed by atoms with Crippen LogP contribution in [0.4, 0.5) is 0 Å². The van der Waals surface area contributed by atoms with Crippen molar-refractivity contribution in [3.05, 3.63) is 60.2 Å². The minimum Gasteiger partial charge on any atom is -0.507 e. The fourth-order valence-corrected chi connectivity index (χ4v) is 4.36. The maximum Gasteiger partial charge on any atom is 0.531 e. The number of carbonyl (C=O) groups excluding carboxylic acids is 4. The van der Waals surface area contributed by atoms with Crippen molar-refractivity contribution in [2.45, 2.75) is 77.4 Å². The third-order valence-corrected chi connectivity index (χ3v) is 6.01. The fourth-order valence-electron chi connectivity index (χ4n) is 4.36. The highest BCUT2D eigenvalue weighted by atomic mass is 16.7. The summed E-state index contributed by atoms with van der Waals surface area (Å²) in [5.74, 6) is -1.93. The van der Waals surface area contributed by atoms with Gasteiger partial charge in [-0.05, 0) is 38.2 Å². The lowest BCUT2D eigenvalue weighted by molar-refractivity contribution is -0.139. The first kappa shape index (κ1) is 29.0. The summed E-state index contributed by atoms with van der Waals surface area (Å²) in [6, 6.07) is 8.46. The molecule has 1 aliphatic heterocycles. The van der Waals surface area contributed by atoms with Crippen molar-refractivity contribution in [1.82, 2.24) is 20.6 Å². The van der Waals surface area contributed by atoms with E-state index in [9.17, 15) is 19.2 Å². The summed E-state index contributed by atoms with van der Waals surface area (Å²) in [6.45, 7) is 7.65. The molecule has 2 aromatic rings. The molecule has 10 nitrogen and oxygen atoms in total. The summed E-state index contributed by atoms with van der Waals surface area (Å²) >= 11 is 0. The van der Waals surface area contributed by atoms with Crippen molar-refractivity contribution in [3.8, 4) is 0 Å². The highest BCUT2D eigenvalue weighted by Crippen LogP contribution is 2.32. The van der Waals surface area contributed by atoms with Gasteiger partial charge in [0.1, 0.15) is 11.8 Å². The first-order valence-electron chi connectivity index (χ1n) is 12.9. The molecule has 11 heteroatoms. The van der Waals surface area contributed by atoms with Gasteiger partial charge in [-0.15, -0.1) is 0 Å². The van der Waals surface area contributed by atoms with E-state index in [0.717, 1.165) is 5.56 Å². The monoisotopic (exact) mass is 522 g/mol. The molecule has 0 aliphatic carbocycles. The quantitative estimate of drug-likeness (QED) is 0.383. The molecule has 2 amide bonds. The Kier molecular flexibility index (Phi) is 10.5. The zero-order valence-corrected chi connectivity index (χ0v) is 22.3. The average molecular weight is 522 g/mol. The molecule has 38 heavy (non-hydrogen) atoms. The molecule has 0 spiro atoms. The predicted molar refractivity (Wildman–Crippen MR) is 141 cm³/mol. The fraction of sp³-hybridized carbons (Fsp3) is 0.481. The second-order valence-electron chi connectivity index (χ2n) is 10.2. The van der Waals surface area contributed by atoms with Crippen LogP contribution in [0.3, 0.4) is 0 Å². The lowest BCUT2D eigenvalue weighted by Crippen LogP contribution is -2.44. The largest absolute Gasteiger partial charge is 0.531 e. The SMILES string of the molecule is CC(C)C[C@H](CC(=O)[C@H](Cc1ccccc1)NC(=O)c1cnccn1)B1OC(=O)[C@@H](CC(=O)NC(C)C)O1. The Morgan fingerprint density at radius 1 is 1.05 bits per heavy atom. The van der Waals surface area contributed by atoms with E-state index in [4.69, 9.17) is 9.31 Å². The zero-order chi connectivity index (χ0) is 27.7. The Hall–Kier alpha value is -3.60. The second-order valence-corrected chi connectivity index (χ2v) is 10.2. The first-order valence-corrected chi connectivity index (χ1v) is 12.9. The van der Waals surface area contributed by atoms with Crippen molar-refractivity contribution >= 4 is 30.7 Å². The maximum absolute atomic E-state index is 13.6. The van der Waals surface area contributed by atoms with Gasteiger partial charge in [-0.1, -0.05) is 44.2 Å². The molecule has 1 saturated heterocycles. The van der Waals surface area contributed by atoms with E-state index in [1.807, 2.05) is 58.0 Å². The van der Waals surface area contributed by atoms with Crippen LogP contribution in [-0.2, 0) is 30.1 Å². The molecule has 1 aliphatic rings. The molecule has 2 N–H and O–H groups in total. The third kappa shape index (κ3) is 8.76. The number of Topliss-reactive ketones (excluding diaryl/α,β-unsaturated/α-hetero) is 1. The van der Waals surface area contributed by atoms with Gasteiger partial charge in [0.15, 0.2) is 5.78 Å². The van der Waals surface area contributed by atoms with Crippen LogP contribution in [0.15, 0.2) is 48.9 Å². The molecule has 0 radical (unpaired) electrons. The predicted octanol–water partition coefficient (Wildman–Crippen LogP) is 2.54. The minimum atomic E-state index is -1.03. The number of rotatable bonds is 13. The molecular formula is C27H35BN4O6. The van der Waals surface area contributed by atoms with Crippen molar-refractivity contribution in [2.75, 3.05) is 0 Å². The number of hydrogen-bond donors (Lipinski definition) is 2. The summed E-state index contributed by atoms with van der Waals surface area (Å²) in [7, 11) is -0.959. The Bertz CT molecular complexity index is 1100. The van der Waals surface area contributed by atoms with Gasteiger partial charge in [-0.25, -0.2) is 4.98 Å². The Morgan fingerprint density at radius 2 is 1.79 bits per heavy atom. The number of hydrogen-bond acceptors (Lipinski definition) is 8. The normalized spacial score (nSPS) is 16.7. The van der Waals surface area contributed by atoms with Crippen LogP contribution in [0.5, 0.6) is 0 Å². The molecule has 0 unspecified atom stereocenters. The van der Waals surface area contributed by atoms with Gasteiger partial charge >= 0.3 is 13.1 Å². The van der Waals surface area contributed by atoms with Crippen LogP contribution in [0.25, 0.3) is 0 Å². The smallest absolute Gasteiger partial charge is 0.507 e. The molecule has 0 bridgehead atoms. The van der Waals surface area contributed by atoms with Crippen LogP contribution in [0.2, 0.25) is 5.82 Å². The molecule has 0 saturated carbocycles. The van der Waals surface area contributed by atoms with Crippen LogP contribution < -0.4 is 10.6 Å². The van der Waals surface area contributed by atoms with E-state index in [1.54, 1.807) is 0 Å². The topological polar surface area (TPSA) is 137 Å². The molecule has 1 aromatic heterocycles. The van der Waals surface area contributed by atoms with Crippen LogP contribution in [-0.4, -0.2) is 58.8 Å². The first-order chi connectivity index (χ1) is 18.1. The number of amides is 2. The standard InChI is InChI=1S/C27H35BN4O6/c1-17(2)12-20(28-37-24(27(36)38-28)15-25(34)31-18(3)4)14-23(33)21(13-19-8-6-5-7-9-19)32-26(35)22-16-29-10-11-30-22/h5-11,16-18,20-21,24H,12-15H2,1-4H3,(H,31,34)(H,32,35)/t20-,21+,24-/m1/s1. The Morgan fingerprint density at radius 3 is 2.42 bits per heavy atom. The van der Waals surface area contributed by atoms with Gasteiger partial charge < -0.3 is 19.9 Å². The van der Waals surface area contributed by atoms with Crippen molar-refractivity contribution in [2.24, 2.45) is 5.92 Å². The summed E-state index contributed by atoms with van der Waals surface area (Å²) in [6.07, 6.45) is 3.87. The van der Waals surface area contributed by atoms with Crippen LogP contribution >= 0.6 is 0 Å². The van der Waals surface area contributed by atoms with Crippen LogP contribution in [0.1, 0.15) is 63.0 Å².